The molecule has 3 N–H and O–H groups in total. The highest BCUT2D eigenvalue weighted by Gasteiger charge is 2.17. The first kappa shape index (κ1) is 34.6. The summed E-state index contributed by atoms with van der Waals surface area (Å²) in [6, 6.07) is 8.28. The number of rotatable bonds is 6. The third kappa shape index (κ3) is 7.51. The van der Waals surface area contributed by atoms with E-state index in [2.05, 4.69) is 49.0 Å². The number of fused-ring (bicyclic) bond motifs is 4. The van der Waals surface area contributed by atoms with Crippen molar-refractivity contribution in [3.8, 4) is 23.0 Å². The maximum absolute atomic E-state index is 5.70. The molecule has 256 valence electrons. The van der Waals surface area contributed by atoms with Crippen LogP contribution < -0.4 is 18.9 Å². The fourth-order valence-electron chi connectivity index (χ4n) is 6.00. The second kappa shape index (κ2) is 15.1. The molecule has 6 aromatic rings. The molecule has 2 aliphatic rings. The van der Waals surface area contributed by atoms with Crippen LogP contribution in [0.4, 0.5) is 0 Å². The van der Waals surface area contributed by atoms with E-state index in [4.69, 9.17) is 42.8 Å². The van der Waals surface area contributed by atoms with Gasteiger partial charge in [0.25, 0.3) is 0 Å². The number of hydrogen-bond acceptors (Lipinski definition) is 9. The Kier molecular flexibility index (Phi) is 10.7. The Balaban J connectivity index is 0.000000140. The van der Waals surface area contributed by atoms with Crippen LogP contribution >= 0.6 is 35.6 Å². The van der Waals surface area contributed by atoms with E-state index in [-0.39, 0.29) is 0 Å². The van der Waals surface area contributed by atoms with Crippen molar-refractivity contribution >= 4 is 57.6 Å². The summed E-state index contributed by atoms with van der Waals surface area (Å²) in [6.07, 6.45) is 5.61. The number of aryl methyl sites for hydroxylation is 2. The van der Waals surface area contributed by atoms with Gasteiger partial charge in [-0.3, -0.25) is 9.97 Å². The van der Waals surface area contributed by atoms with E-state index in [1.54, 1.807) is 32.2 Å². The average Bonchev–Trinajstić information content (AvgIpc) is 3.89. The van der Waals surface area contributed by atoms with Crippen LogP contribution in [0.25, 0.3) is 22.1 Å². The molecule has 2 aliphatic heterocycles. The van der Waals surface area contributed by atoms with E-state index in [0.717, 1.165) is 116 Å². The molecule has 8 rings (SSSR count). The van der Waals surface area contributed by atoms with E-state index < -0.39 is 0 Å². The van der Waals surface area contributed by atoms with Gasteiger partial charge < -0.3 is 33.9 Å². The zero-order valence-electron chi connectivity index (χ0n) is 28.4. The number of ether oxygens (including phenoxy) is 4. The average molecular weight is 719 g/mol. The molecule has 0 amide bonds. The van der Waals surface area contributed by atoms with Gasteiger partial charge in [0.05, 0.1) is 66.8 Å². The molecule has 0 radical (unpaired) electrons. The number of pyridine rings is 2. The molecule has 49 heavy (non-hydrogen) atoms. The normalized spacial score (nSPS) is 12.7. The van der Waals surface area contributed by atoms with Gasteiger partial charge in [-0.25, -0.2) is 4.98 Å². The number of alkyl halides is 1. The first-order chi connectivity index (χ1) is 23.7. The molecule has 0 aliphatic carbocycles. The lowest BCUT2D eigenvalue weighted by molar-refractivity contribution is 0.357. The topological polar surface area (TPSA) is 123 Å². The second-order valence-electron chi connectivity index (χ2n) is 11.8. The second-order valence-corrected chi connectivity index (χ2v) is 13.5. The van der Waals surface area contributed by atoms with E-state index in [9.17, 15) is 0 Å². The molecule has 4 aromatic heterocycles. The standard InChI is InChI=1S/C18H19N3O2S.C9H12ClNO.C9H8N2OS/c1-10-8-19-15(11(2)17(10)22-3)9-24-18-20-13-6-12-4-5-23-16(12)7-14(13)21-18;1-6-5-11-8(4-10)7(2)9(6)12-3;13-9-10-6-3-5-1-2-12-8(5)4-7(6)11-9/h6-8H,4-5,9H2,1-3H3,(H,20,21);5H,4H2,1-3H3;3-4H,1-2H2,(H2,10,11,13). The number of nitrogens with one attached hydrogen (secondary N) is 3. The number of imidazole rings is 2. The van der Waals surface area contributed by atoms with Crippen LogP contribution in [0.2, 0.25) is 0 Å². The maximum Gasteiger partial charge on any atom is 0.175 e. The van der Waals surface area contributed by atoms with Gasteiger partial charge >= 0.3 is 0 Å². The van der Waals surface area contributed by atoms with Gasteiger partial charge in [0, 0.05) is 65.4 Å². The van der Waals surface area contributed by atoms with Crippen LogP contribution in [-0.2, 0) is 24.5 Å². The van der Waals surface area contributed by atoms with Gasteiger partial charge in [0.1, 0.15) is 23.0 Å². The van der Waals surface area contributed by atoms with Gasteiger partial charge in [0.2, 0.25) is 0 Å². The largest absolute Gasteiger partial charge is 0.496 e. The number of aromatic amines is 3. The quantitative estimate of drug-likeness (QED) is 0.0885. The minimum atomic E-state index is 0.433. The number of aromatic nitrogens is 6. The number of benzene rings is 2. The summed E-state index contributed by atoms with van der Waals surface area (Å²) < 4.78 is 22.4. The highest BCUT2D eigenvalue weighted by Crippen LogP contribution is 2.33. The fraction of sp³-hybridized carbons (Fsp3) is 0.333. The fourth-order valence-corrected chi connectivity index (χ4v) is 7.39. The summed E-state index contributed by atoms with van der Waals surface area (Å²) in [7, 11) is 3.36. The Morgan fingerprint density at radius 3 is 1.94 bits per heavy atom. The molecule has 13 heteroatoms. The minimum absolute atomic E-state index is 0.433. The lowest BCUT2D eigenvalue weighted by Crippen LogP contribution is -1.98. The number of methoxy groups -OCH3 is 2. The van der Waals surface area contributed by atoms with E-state index >= 15 is 0 Å². The zero-order valence-corrected chi connectivity index (χ0v) is 30.8. The summed E-state index contributed by atoms with van der Waals surface area (Å²) in [5.41, 5.74) is 12.7. The highest BCUT2D eigenvalue weighted by atomic mass is 35.5. The summed E-state index contributed by atoms with van der Waals surface area (Å²) >= 11 is 12.3. The van der Waals surface area contributed by atoms with E-state index in [1.165, 1.54) is 11.1 Å². The van der Waals surface area contributed by atoms with Crippen molar-refractivity contribution in [1.29, 1.82) is 0 Å². The molecule has 2 aromatic carbocycles. The van der Waals surface area contributed by atoms with Crippen LogP contribution in [0.5, 0.6) is 23.0 Å². The molecule has 0 fully saturated rings. The molecule has 0 spiro atoms. The zero-order chi connectivity index (χ0) is 34.7. The number of thioether (sulfide) groups is 1. The molecule has 6 heterocycles. The molecular formula is C36H39ClN6O4S2. The van der Waals surface area contributed by atoms with Gasteiger partial charge in [-0.1, -0.05) is 11.8 Å². The lowest BCUT2D eigenvalue weighted by atomic mass is 10.1. The Morgan fingerprint density at radius 2 is 1.33 bits per heavy atom. The van der Waals surface area contributed by atoms with E-state index in [0.29, 0.717) is 10.7 Å². The molecule has 0 saturated heterocycles. The van der Waals surface area contributed by atoms with Gasteiger partial charge in [-0.2, -0.15) is 0 Å². The van der Waals surface area contributed by atoms with Crippen LogP contribution in [0.15, 0.2) is 41.8 Å². The first-order valence-electron chi connectivity index (χ1n) is 15.9. The Bertz CT molecular complexity index is 2110. The minimum Gasteiger partial charge on any atom is -0.496 e. The molecule has 0 saturated carbocycles. The summed E-state index contributed by atoms with van der Waals surface area (Å²) in [5.74, 6) is 4.93. The van der Waals surface area contributed by atoms with Crippen molar-refractivity contribution in [2.45, 2.75) is 57.3 Å². The predicted octanol–water partition coefficient (Wildman–Crippen LogP) is 8.42. The Morgan fingerprint density at radius 1 is 0.776 bits per heavy atom. The Hall–Kier alpha value is -4.26. The summed E-state index contributed by atoms with van der Waals surface area (Å²) in [4.78, 5) is 23.0. The predicted molar refractivity (Wildman–Crippen MR) is 198 cm³/mol. The molecule has 0 atom stereocenters. The smallest absolute Gasteiger partial charge is 0.175 e. The van der Waals surface area contributed by atoms with Crippen molar-refractivity contribution in [3.63, 3.8) is 0 Å². The highest BCUT2D eigenvalue weighted by molar-refractivity contribution is 7.98. The lowest BCUT2D eigenvalue weighted by Gasteiger charge is -2.11. The summed E-state index contributed by atoms with van der Waals surface area (Å²) in [6.45, 7) is 9.56. The van der Waals surface area contributed by atoms with Crippen LogP contribution in [0, 0.1) is 32.5 Å². The summed E-state index contributed by atoms with van der Waals surface area (Å²) in [5, 5.41) is 0.898. The van der Waals surface area contributed by atoms with Crippen molar-refractivity contribution in [2.75, 3.05) is 27.4 Å². The maximum atomic E-state index is 5.70. The number of hydrogen-bond donors (Lipinski definition) is 3. The van der Waals surface area contributed by atoms with Gasteiger partial charge in [0.15, 0.2) is 9.93 Å². The van der Waals surface area contributed by atoms with Crippen molar-refractivity contribution < 1.29 is 18.9 Å². The Labute approximate surface area is 299 Å². The van der Waals surface area contributed by atoms with Crippen LogP contribution in [0.3, 0.4) is 0 Å². The third-order valence-electron chi connectivity index (χ3n) is 8.57. The van der Waals surface area contributed by atoms with Crippen molar-refractivity contribution in [1.82, 2.24) is 29.9 Å². The number of H-pyrrole nitrogens is 3. The van der Waals surface area contributed by atoms with Crippen molar-refractivity contribution in [3.05, 3.63) is 86.2 Å². The molecule has 10 nitrogen and oxygen atoms in total. The van der Waals surface area contributed by atoms with E-state index in [1.807, 2.05) is 39.1 Å². The van der Waals surface area contributed by atoms with Crippen LogP contribution in [0.1, 0.15) is 44.8 Å². The monoisotopic (exact) mass is 718 g/mol. The molecular weight excluding hydrogens is 680 g/mol. The number of nitrogens with zero attached hydrogens (tertiary/aromatic N) is 3. The first-order valence-corrected chi connectivity index (χ1v) is 17.8. The van der Waals surface area contributed by atoms with Crippen LogP contribution in [-0.4, -0.2) is 57.3 Å². The third-order valence-corrected chi connectivity index (χ3v) is 9.91. The van der Waals surface area contributed by atoms with Gasteiger partial charge in [-0.15, -0.1) is 11.6 Å². The molecule has 0 unspecified atom stereocenters. The van der Waals surface area contributed by atoms with Gasteiger partial charge in [-0.05, 0) is 63.2 Å². The van der Waals surface area contributed by atoms with Crippen molar-refractivity contribution in [2.24, 2.45) is 0 Å². The number of halogens is 1. The SMILES string of the molecule is COc1c(C)cnc(CCl)c1C.COc1c(C)cnc(CSc2nc3cc4c(cc3[nH]2)CCO4)c1C.S=c1[nH]c2cc3c(cc2[nH]1)OCC3. The molecule has 0 bridgehead atoms.